The summed E-state index contributed by atoms with van der Waals surface area (Å²) < 4.78 is 1.12. The van der Waals surface area contributed by atoms with Gasteiger partial charge in [-0.1, -0.05) is 12.1 Å². The molecule has 1 N–H and O–H groups in total. The number of hydrogen-bond acceptors (Lipinski definition) is 3. The number of nitrogens with zero attached hydrogens (tertiary/aromatic N) is 2. The second-order valence-corrected chi connectivity index (χ2v) is 5.45. The lowest BCUT2D eigenvalue weighted by Crippen LogP contribution is -1.94. The van der Waals surface area contributed by atoms with Gasteiger partial charge < -0.3 is 5.11 Å². The Kier molecular flexibility index (Phi) is 3.44. The van der Waals surface area contributed by atoms with E-state index in [1.54, 1.807) is 6.20 Å². The molecule has 0 aliphatic rings. The Balaban J connectivity index is 2.27. The van der Waals surface area contributed by atoms with Crippen LogP contribution >= 0.6 is 22.6 Å². The number of aromatic nitrogens is 2. The molecule has 0 radical (unpaired) electrons. The summed E-state index contributed by atoms with van der Waals surface area (Å²) in [6.07, 6.45) is 1.74. The standard InChI is InChI=1S/C15H11IN2O/c16-11-4-5-12-10(9-19)7-15(18-14(12)8-11)13-3-1-2-6-17-13/h1-8,19H,9H2. The number of benzene rings is 1. The van der Waals surface area contributed by atoms with E-state index >= 15 is 0 Å². The fourth-order valence-corrected chi connectivity index (χ4v) is 2.52. The number of halogens is 1. The van der Waals surface area contributed by atoms with Crippen molar-refractivity contribution in [3.8, 4) is 11.4 Å². The van der Waals surface area contributed by atoms with Gasteiger partial charge in [0.25, 0.3) is 0 Å². The molecule has 0 spiro atoms. The Morgan fingerprint density at radius 2 is 1.95 bits per heavy atom. The van der Waals surface area contributed by atoms with Crippen LogP contribution in [0.4, 0.5) is 0 Å². The first kappa shape index (κ1) is 12.5. The zero-order valence-electron chi connectivity index (χ0n) is 10.0. The van der Waals surface area contributed by atoms with Crippen LogP contribution in [-0.4, -0.2) is 15.1 Å². The smallest absolute Gasteiger partial charge is 0.0897 e. The molecule has 3 nitrogen and oxygen atoms in total. The van der Waals surface area contributed by atoms with E-state index < -0.39 is 0 Å². The highest BCUT2D eigenvalue weighted by Crippen LogP contribution is 2.25. The molecule has 3 rings (SSSR count). The van der Waals surface area contributed by atoms with Gasteiger partial charge >= 0.3 is 0 Å². The largest absolute Gasteiger partial charge is 0.392 e. The molecule has 19 heavy (non-hydrogen) atoms. The lowest BCUT2D eigenvalue weighted by molar-refractivity contribution is 0.283. The fraction of sp³-hybridized carbons (Fsp3) is 0.0667. The molecule has 3 aromatic rings. The van der Waals surface area contributed by atoms with Crippen molar-refractivity contribution >= 4 is 33.5 Å². The maximum absolute atomic E-state index is 9.53. The molecule has 0 saturated carbocycles. The Bertz CT molecular complexity index is 729. The highest BCUT2D eigenvalue weighted by molar-refractivity contribution is 14.1. The van der Waals surface area contributed by atoms with Crippen molar-refractivity contribution in [2.45, 2.75) is 6.61 Å². The van der Waals surface area contributed by atoms with Gasteiger partial charge in [0.15, 0.2) is 0 Å². The quantitative estimate of drug-likeness (QED) is 0.711. The second kappa shape index (κ2) is 5.22. The van der Waals surface area contributed by atoms with Crippen LogP contribution in [-0.2, 0) is 6.61 Å². The van der Waals surface area contributed by atoms with E-state index in [2.05, 4.69) is 32.6 Å². The average molecular weight is 362 g/mol. The Morgan fingerprint density at radius 3 is 2.68 bits per heavy atom. The van der Waals surface area contributed by atoms with Crippen molar-refractivity contribution in [2.24, 2.45) is 0 Å². The normalized spacial score (nSPS) is 10.8. The van der Waals surface area contributed by atoms with E-state index in [0.29, 0.717) is 0 Å². The first-order valence-corrected chi connectivity index (χ1v) is 6.97. The van der Waals surface area contributed by atoms with Crippen molar-refractivity contribution in [1.82, 2.24) is 9.97 Å². The third-order valence-corrected chi connectivity index (χ3v) is 3.63. The molecule has 0 fully saturated rings. The number of rotatable bonds is 2. The molecule has 94 valence electrons. The highest BCUT2D eigenvalue weighted by atomic mass is 127. The zero-order chi connectivity index (χ0) is 13.2. The summed E-state index contributed by atoms with van der Waals surface area (Å²) in [5, 5.41) is 10.5. The van der Waals surface area contributed by atoms with Gasteiger partial charge in [-0.15, -0.1) is 0 Å². The molecule has 0 bridgehead atoms. The maximum Gasteiger partial charge on any atom is 0.0897 e. The maximum atomic E-state index is 9.53. The summed E-state index contributed by atoms with van der Waals surface area (Å²) in [5.74, 6) is 0. The van der Waals surface area contributed by atoms with Crippen LogP contribution < -0.4 is 0 Å². The summed E-state index contributed by atoms with van der Waals surface area (Å²) in [6.45, 7) is -0.000550. The predicted octanol–water partition coefficient (Wildman–Crippen LogP) is 3.39. The lowest BCUT2D eigenvalue weighted by Gasteiger charge is -2.08. The molecular formula is C15H11IN2O. The summed E-state index contributed by atoms with van der Waals surface area (Å²) in [6, 6.07) is 13.7. The molecule has 0 aliphatic heterocycles. The number of aliphatic hydroxyl groups is 1. The van der Waals surface area contributed by atoms with Crippen molar-refractivity contribution in [3.05, 3.63) is 57.8 Å². The van der Waals surface area contributed by atoms with E-state index in [0.717, 1.165) is 31.4 Å². The predicted molar refractivity (Wildman–Crippen MR) is 83.6 cm³/mol. The molecule has 0 aliphatic carbocycles. The first-order valence-electron chi connectivity index (χ1n) is 5.89. The minimum Gasteiger partial charge on any atom is -0.392 e. The van der Waals surface area contributed by atoms with Crippen LogP contribution in [0.1, 0.15) is 5.56 Å². The molecule has 0 unspecified atom stereocenters. The average Bonchev–Trinajstić information content (AvgIpc) is 2.46. The van der Waals surface area contributed by atoms with Gasteiger partial charge in [-0.25, -0.2) is 4.98 Å². The van der Waals surface area contributed by atoms with Gasteiger partial charge in [0.05, 0.1) is 23.5 Å². The summed E-state index contributed by atoms with van der Waals surface area (Å²) >= 11 is 2.26. The molecule has 0 atom stereocenters. The van der Waals surface area contributed by atoms with Crippen LogP contribution in [0.5, 0.6) is 0 Å². The van der Waals surface area contributed by atoms with Gasteiger partial charge in [0.1, 0.15) is 0 Å². The van der Waals surface area contributed by atoms with Crippen LogP contribution in [0, 0.1) is 3.57 Å². The van der Waals surface area contributed by atoms with E-state index in [4.69, 9.17) is 0 Å². The van der Waals surface area contributed by atoms with Crippen molar-refractivity contribution in [2.75, 3.05) is 0 Å². The van der Waals surface area contributed by atoms with Crippen molar-refractivity contribution in [1.29, 1.82) is 0 Å². The third kappa shape index (κ3) is 2.46. The van der Waals surface area contributed by atoms with Crippen LogP contribution in [0.3, 0.4) is 0 Å². The molecule has 2 aromatic heterocycles. The molecular weight excluding hydrogens is 351 g/mol. The van der Waals surface area contributed by atoms with Crippen LogP contribution in [0.25, 0.3) is 22.3 Å². The topological polar surface area (TPSA) is 46.0 Å². The second-order valence-electron chi connectivity index (χ2n) is 4.20. The number of aliphatic hydroxyl groups excluding tert-OH is 1. The highest BCUT2D eigenvalue weighted by Gasteiger charge is 2.08. The van der Waals surface area contributed by atoms with Crippen LogP contribution in [0.15, 0.2) is 48.7 Å². The van der Waals surface area contributed by atoms with E-state index in [-0.39, 0.29) is 6.61 Å². The summed E-state index contributed by atoms with van der Waals surface area (Å²) in [7, 11) is 0. The van der Waals surface area contributed by atoms with Gasteiger partial charge in [0.2, 0.25) is 0 Å². The first-order chi connectivity index (χ1) is 9.28. The minimum absolute atomic E-state index is 0.000550. The van der Waals surface area contributed by atoms with E-state index in [9.17, 15) is 5.11 Å². The number of hydrogen-bond donors (Lipinski definition) is 1. The molecule has 4 heteroatoms. The van der Waals surface area contributed by atoms with E-state index in [1.807, 2.05) is 42.5 Å². The minimum atomic E-state index is -0.000550. The molecule has 1 aromatic carbocycles. The van der Waals surface area contributed by atoms with Crippen LogP contribution in [0.2, 0.25) is 0 Å². The van der Waals surface area contributed by atoms with Crippen molar-refractivity contribution < 1.29 is 5.11 Å². The third-order valence-electron chi connectivity index (χ3n) is 2.96. The number of fused-ring (bicyclic) bond motifs is 1. The monoisotopic (exact) mass is 362 g/mol. The summed E-state index contributed by atoms with van der Waals surface area (Å²) in [5.41, 5.74) is 3.37. The van der Waals surface area contributed by atoms with Gasteiger partial charge in [-0.05, 0) is 58.5 Å². The van der Waals surface area contributed by atoms with Gasteiger partial charge in [0, 0.05) is 15.2 Å². The Labute approximate surface area is 124 Å². The Hall–Kier alpha value is -1.53. The zero-order valence-corrected chi connectivity index (χ0v) is 12.2. The SMILES string of the molecule is OCc1cc(-c2ccccn2)nc2cc(I)ccc12. The van der Waals surface area contributed by atoms with Crippen molar-refractivity contribution in [3.63, 3.8) is 0 Å². The van der Waals surface area contributed by atoms with Gasteiger partial charge in [-0.2, -0.15) is 0 Å². The number of pyridine rings is 2. The van der Waals surface area contributed by atoms with Gasteiger partial charge in [-0.3, -0.25) is 4.98 Å². The molecule has 0 saturated heterocycles. The van der Waals surface area contributed by atoms with E-state index in [1.165, 1.54) is 0 Å². The summed E-state index contributed by atoms with van der Waals surface area (Å²) in [4.78, 5) is 8.94. The fourth-order valence-electron chi connectivity index (χ4n) is 2.05. The molecule has 2 heterocycles. The molecule has 0 amide bonds. The lowest BCUT2D eigenvalue weighted by atomic mass is 10.1. The Morgan fingerprint density at radius 1 is 1.05 bits per heavy atom.